The monoisotopic (exact) mass is 583 g/mol. The number of nitrogens with zero attached hydrogens (tertiary/aromatic N) is 3. The number of carbonyl (C=O) groups excluding carboxylic acids is 2. The molecule has 3 amide bonds. The number of aromatic nitrogens is 2. The van der Waals surface area contributed by atoms with Crippen LogP contribution in [0.4, 0.5) is 20.6 Å². The number of rotatable bonds is 7. The predicted octanol–water partition coefficient (Wildman–Crippen LogP) is 4.87. The molecule has 40 heavy (non-hydrogen) atoms. The molecule has 2 aliphatic heterocycles. The van der Waals surface area contributed by atoms with Crippen molar-refractivity contribution in [2.75, 3.05) is 28.8 Å². The SMILES string of the molecule is CS(=O)CCNC(=O)c1cc2c(c(C3CC3)n1)CN(c1cc3c(cc1Cl)CCC(c1ncccc1F)O3)C(=O)N2. The molecule has 2 N–H and O–H groups in total. The van der Waals surface area contributed by atoms with Crippen molar-refractivity contribution in [3.8, 4) is 5.75 Å². The molecule has 1 saturated carbocycles. The predicted molar refractivity (Wildman–Crippen MR) is 150 cm³/mol. The summed E-state index contributed by atoms with van der Waals surface area (Å²) in [5.74, 6) is 0.282. The summed E-state index contributed by atoms with van der Waals surface area (Å²) < 4.78 is 31.9. The van der Waals surface area contributed by atoms with E-state index in [0.29, 0.717) is 40.7 Å². The second-order valence-electron chi connectivity index (χ2n) is 10.2. The number of urea groups is 1. The van der Waals surface area contributed by atoms with Crippen molar-refractivity contribution in [1.82, 2.24) is 15.3 Å². The number of ether oxygens (including phenoxy) is 1. The Hall–Kier alpha value is -3.57. The minimum Gasteiger partial charge on any atom is -0.484 e. The Bertz CT molecular complexity index is 1550. The van der Waals surface area contributed by atoms with Crippen LogP contribution in [0, 0.1) is 5.82 Å². The lowest BCUT2D eigenvalue weighted by atomic mass is 9.98. The molecule has 3 aliphatic rings. The number of fused-ring (bicyclic) bond motifs is 2. The molecule has 0 radical (unpaired) electrons. The topological polar surface area (TPSA) is 114 Å². The maximum atomic E-state index is 14.4. The molecule has 1 aromatic carbocycles. The van der Waals surface area contributed by atoms with Crippen LogP contribution >= 0.6 is 11.6 Å². The van der Waals surface area contributed by atoms with Crippen molar-refractivity contribution >= 4 is 45.7 Å². The molecule has 4 heterocycles. The van der Waals surface area contributed by atoms with Crippen molar-refractivity contribution in [1.29, 1.82) is 0 Å². The van der Waals surface area contributed by atoms with Crippen LogP contribution in [0.3, 0.4) is 0 Å². The van der Waals surface area contributed by atoms with Crippen LogP contribution in [-0.4, -0.2) is 44.7 Å². The van der Waals surface area contributed by atoms with Gasteiger partial charge in [-0.25, -0.2) is 14.2 Å². The van der Waals surface area contributed by atoms with Gasteiger partial charge in [0.2, 0.25) is 0 Å². The van der Waals surface area contributed by atoms with Gasteiger partial charge in [0, 0.05) is 53.1 Å². The Balaban J connectivity index is 1.29. The van der Waals surface area contributed by atoms with Crippen molar-refractivity contribution in [3.63, 3.8) is 0 Å². The van der Waals surface area contributed by atoms with Gasteiger partial charge >= 0.3 is 6.03 Å². The number of hydrogen-bond donors (Lipinski definition) is 2. The van der Waals surface area contributed by atoms with E-state index in [1.807, 2.05) is 0 Å². The number of anilines is 2. The Kier molecular flexibility index (Phi) is 7.18. The van der Waals surface area contributed by atoms with E-state index >= 15 is 0 Å². The minimum absolute atomic E-state index is 0.206. The standard InChI is InChI=1S/C28H27ClFN5O4S/c1-40(38)10-9-32-27(36)21-12-20-17(25(33-21)15-4-5-15)14-35(28(37)34-20)22-13-24-16(11-18(22)29)6-7-23(39-24)26-19(30)3-2-8-31-26/h2-3,8,11-13,15,23H,4-7,9-10,14H2,1H3,(H,32,36)(H,34,37). The fourth-order valence-electron chi connectivity index (χ4n) is 5.11. The third-order valence-electron chi connectivity index (χ3n) is 7.29. The van der Waals surface area contributed by atoms with Crippen LogP contribution in [0.25, 0.3) is 0 Å². The smallest absolute Gasteiger partial charge is 0.326 e. The molecule has 12 heteroatoms. The van der Waals surface area contributed by atoms with Crippen LogP contribution in [0.15, 0.2) is 36.5 Å². The molecule has 6 rings (SSSR count). The van der Waals surface area contributed by atoms with E-state index in [-0.39, 0.29) is 36.3 Å². The normalized spacial score (nSPS) is 18.7. The third-order valence-corrected chi connectivity index (χ3v) is 8.37. The van der Waals surface area contributed by atoms with Crippen LogP contribution in [0.2, 0.25) is 5.02 Å². The highest BCUT2D eigenvalue weighted by molar-refractivity contribution is 7.84. The zero-order valence-corrected chi connectivity index (χ0v) is 23.3. The van der Waals surface area contributed by atoms with Gasteiger partial charge in [0.25, 0.3) is 5.91 Å². The molecule has 1 aliphatic carbocycles. The van der Waals surface area contributed by atoms with Gasteiger partial charge in [-0.2, -0.15) is 0 Å². The van der Waals surface area contributed by atoms with Gasteiger partial charge in [0.1, 0.15) is 29.1 Å². The van der Waals surface area contributed by atoms with E-state index in [2.05, 4.69) is 20.6 Å². The highest BCUT2D eigenvalue weighted by Gasteiger charge is 2.36. The third kappa shape index (κ3) is 5.27. The number of aryl methyl sites for hydroxylation is 1. The van der Waals surface area contributed by atoms with Crippen molar-refractivity contribution in [3.05, 3.63) is 75.6 Å². The highest BCUT2D eigenvalue weighted by atomic mass is 35.5. The van der Waals surface area contributed by atoms with Crippen LogP contribution in [0.1, 0.15) is 64.3 Å². The lowest BCUT2D eigenvalue weighted by Crippen LogP contribution is -2.40. The molecule has 0 saturated heterocycles. The molecule has 2 unspecified atom stereocenters. The van der Waals surface area contributed by atoms with E-state index in [1.165, 1.54) is 23.2 Å². The molecule has 208 valence electrons. The number of nitrogens with one attached hydrogen (secondary N) is 2. The summed E-state index contributed by atoms with van der Waals surface area (Å²) in [6.45, 7) is 0.486. The zero-order valence-electron chi connectivity index (χ0n) is 21.7. The van der Waals surface area contributed by atoms with Gasteiger partial charge in [0.05, 0.1) is 28.6 Å². The Morgan fingerprint density at radius 3 is 2.85 bits per heavy atom. The number of pyridine rings is 2. The van der Waals surface area contributed by atoms with Crippen molar-refractivity contribution < 1.29 is 22.9 Å². The molecule has 0 spiro atoms. The summed E-state index contributed by atoms with van der Waals surface area (Å²) in [6.07, 6.45) is 5.64. The van der Waals surface area contributed by atoms with Gasteiger partial charge in [-0.1, -0.05) is 11.6 Å². The number of halogens is 2. The Morgan fingerprint density at radius 1 is 1.27 bits per heavy atom. The average molecular weight is 584 g/mol. The number of benzene rings is 1. The minimum atomic E-state index is -1.02. The molecule has 2 aromatic heterocycles. The quantitative estimate of drug-likeness (QED) is 0.410. The van der Waals surface area contributed by atoms with E-state index < -0.39 is 28.8 Å². The molecule has 2 atom stereocenters. The molecule has 0 bridgehead atoms. The summed E-state index contributed by atoms with van der Waals surface area (Å²) >= 11 is 6.68. The lowest BCUT2D eigenvalue weighted by Gasteiger charge is -2.33. The molecule has 9 nitrogen and oxygen atoms in total. The summed E-state index contributed by atoms with van der Waals surface area (Å²) in [4.78, 5) is 36.5. The van der Waals surface area contributed by atoms with Crippen LogP contribution in [-0.2, 0) is 23.8 Å². The van der Waals surface area contributed by atoms with Gasteiger partial charge in [-0.05, 0) is 55.5 Å². The van der Waals surface area contributed by atoms with E-state index in [9.17, 15) is 18.2 Å². The number of hydrogen-bond acceptors (Lipinski definition) is 6. The fourth-order valence-corrected chi connectivity index (χ4v) is 5.79. The largest absolute Gasteiger partial charge is 0.484 e. The molecular weight excluding hydrogens is 557 g/mol. The average Bonchev–Trinajstić information content (AvgIpc) is 3.77. The Morgan fingerprint density at radius 2 is 2.10 bits per heavy atom. The van der Waals surface area contributed by atoms with E-state index in [4.69, 9.17) is 16.3 Å². The summed E-state index contributed by atoms with van der Waals surface area (Å²) in [5, 5.41) is 6.05. The van der Waals surface area contributed by atoms with Crippen LogP contribution < -0.4 is 20.3 Å². The van der Waals surface area contributed by atoms with Crippen molar-refractivity contribution in [2.45, 2.75) is 44.2 Å². The summed E-state index contributed by atoms with van der Waals surface area (Å²) in [5.41, 5.74) is 3.95. The maximum Gasteiger partial charge on any atom is 0.326 e. The maximum absolute atomic E-state index is 14.4. The molecule has 3 aromatic rings. The molecular formula is C28H27ClFN5O4S. The number of amides is 3. The lowest BCUT2D eigenvalue weighted by molar-refractivity contribution is 0.0951. The first-order chi connectivity index (χ1) is 19.3. The Labute approximate surface area is 237 Å². The second kappa shape index (κ2) is 10.8. The van der Waals surface area contributed by atoms with Gasteiger partial charge < -0.3 is 15.4 Å². The van der Waals surface area contributed by atoms with Crippen LogP contribution in [0.5, 0.6) is 5.75 Å². The van der Waals surface area contributed by atoms with Crippen molar-refractivity contribution in [2.24, 2.45) is 0 Å². The van der Waals surface area contributed by atoms with E-state index in [1.54, 1.807) is 24.5 Å². The first-order valence-electron chi connectivity index (χ1n) is 13.1. The summed E-state index contributed by atoms with van der Waals surface area (Å²) in [7, 11) is -1.02. The fraction of sp³-hybridized carbons (Fsp3) is 0.357. The number of carbonyl (C=O) groups is 2. The first kappa shape index (κ1) is 26.6. The van der Waals surface area contributed by atoms with Gasteiger partial charge in [0.15, 0.2) is 0 Å². The highest BCUT2D eigenvalue weighted by Crippen LogP contribution is 2.46. The zero-order chi connectivity index (χ0) is 28.0. The second-order valence-corrected chi connectivity index (χ2v) is 12.1. The molecule has 1 fully saturated rings. The van der Waals surface area contributed by atoms with E-state index in [0.717, 1.165) is 29.7 Å². The first-order valence-corrected chi connectivity index (χ1v) is 15.2. The summed E-state index contributed by atoms with van der Waals surface area (Å²) in [6, 6.07) is 7.58. The van der Waals surface area contributed by atoms with Gasteiger partial charge in [-0.3, -0.25) is 18.9 Å². The van der Waals surface area contributed by atoms with Gasteiger partial charge in [-0.15, -0.1) is 0 Å².